The predicted octanol–water partition coefficient (Wildman–Crippen LogP) is 3.71. The fourth-order valence-corrected chi connectivity index (χ4v) is 1.28. The van der Waals surface area contributed by atoms with Crippen LogP contribution in [-0.4, -0.2) is 24.4 Å². The maximum Gasteiger partial charge on any atom is 0.209 e. The van der Waals surface area contributed by atoms with Gasteiger partial charge in [0.1, 0.15) is 0 Å². The number of carbonyl (C=O) groups excluding carboxylic acids is 1. The Morgan fingerprint density at radius 1 is 1.13 bits per heavy atom. The first kappa shape index (κ1) is 16.9. The maximum atomic E-state index is 10.6. The molecular formula is C13H29NO. The van der Waals surface area contributed by atoms with Crippen LogP contribution in [0, 0.1) is 5.92 Å². The molecule has 0 atom stereocenters. The van der Waals surface area contributed by atoms with Gasteiger partial charge < -0.3 is 4.90 Å². The van der Waals surface area contributed by atoms with Gasteiger partial charge in [0.25, 0.3) is 0 Å². The normalized spacial score (nSPS) is 9.47. The van der Waals surface area contributed by atoms with E-state index in [1.54, 1.807) is 0 Å². The molecule has 1 amide bonds. The van der Waals surface area contributed by atoms with Crippen LogP contribution in [0.5, 0.6) is 0 Å². The molecule has 0 aromatic heterocycles. The number of hydrogen-bond donors (Lipinski definition) is 0. The summed E-state index contributed by atoms with van der Waals surface area (Å²) in [7, 11) is 0. The van der Waals surface area contributed by atoms with E-state index in [-0.39, 0.29) is 0 Å². The fourth-order valence-electron chi connectivity index (χ4n) is 1.28. The monoisotopic (exact) mass is 215 g/mol. The van der Waals surface area contributed by atoms with Gasteiger partial charge in [0.05, 0.1) is 0 Å². The first-order valence-electron chi connectivity index (χ1n) is 6.40. The quantitative estimate of drug-likeness (QED) is 0.565. The summed E-state index contributed by atoms with van der Waals surface area (Å²) in [6, 6.07) is 0. The summed E-state index contributed by atoms with van der Waals surface area (Å²) in [6.07, 6.45) is 5.63. The number of carbonyl (C=O) groups is 1. The van der Waals surface area contributed by atoms with E-state index in [1.807, 2.05) is 18.7 Å². The maximum absolute atomic E-state index is 10.6. The average Bonchev–Trinajstić information content (AvgIpc) is 2.25. The molecule has 2 heteroatoms. The second kappa shape index (κ2) is 13.5. The summed E-state index contributed by atoms with van der Waals surface area (Å²) < 4.78 is 0. The van der Waals surface area contributed by atoms with Gasteiger partial charge in [-0.05, 0) is 25.2 Å². The van der Waals surface area contributed by atoms with E-state index in [2.05, 4.69) is 20.8 Å². The van der Waals surface area contributed by atoms with Crippen molar-refractivity contribution in [3.05, 3.63) is 0 Å². The summed E-state index contributed by atoms with van der Waals surface area (Å²) in [5.74, 6) is 0.750. The number of unbranched alkanes of at least 4 members (excludes halogenated alkanes) is 1. The van der Waals surface area contributed by atoms with Crippen molar-refractivity contribution < 1.29 is 4.79 Å². The van der Waals surface area contributed by atoms with Gasteiger partial charge in [-0.2, -0.15) is 0 Å². The van der Waals surface area contributed by atoms with Gasteiger partial charge in [-0.1, -0.05) is 41.0 Å². The minimum absolute atomic E-state index is 0.750. The van der Waals surface area contributed by atoms with E-state index in [9.17, 15) is 4.79 Å². The smallest absolute Gasteiger partial charge is 0.209 e. The highest BCUT2D eigenvalue weighted by molar-refractivity contribution is 5.46. The molecule has 0 spiro atoms. The molecule has 15 heavy (non-hydrogen) atoms. The summed E-state index contributed by atoms with van der Waals surface area (Å²) in [5.41, 5.74) is 0. The molecule has 0 aromatic rings. The third kappa shape index (κ3) is 13.5. The highest BCUT2D eigenvalue weighted by atomic mass is 16.1. The van der Waals surface area contributed by atoms with E-state index in [1.165, 1.54) is 6.42 Å². The Kier molecular flexibility index (Phi) is 15.2. The molecule has 0 bridgehead atoms. The van der Waals surface area contributed by atoms with Crippen LogP contribution in [0.3, 0.4) is 0 Å². The van der Waals surface area contributed by atoms with Crippen molar-refractivity contribution >= 4 is 6.41 Å². The highest BCUT2D eigenvalue weighted by Gasteiger charge is 2.01. The van der Waals surface area contributed by atoms with Crippen molar-refractivity contribution in [3.63, 3.8) is 0 Å². The standard InChI is InChI=1S/C11H23NO.C2H6/c1-4-5-8-12(10-13)9-6-7-11(2)3;1-2/h10-11H,4-9H2,1-3H3;1-2H3. The van der Waals surface area contributed by atoms with Crippen LogP contribution in [0.25, 0.3) is 0 Å². The molecule has 0 rings (SSSR count). The molecule has 0 saturated heterocycles. The molecule has 0 aliphatic heterocycles. The second-order valence-corrected chi connectivity index (χ2v) is 4.03. The van der Waals surface area contributed by atoms with Crippen LogP contribution < -0.4 is 0 Å². The Hall–Kier alpha value is -0.530. The predicted molar refractivity (Wildman–Crippen MR) is 68.0 cm³/mol. The van der Waals surface area contributed by atoms with Crippen molar-refractivity contribution in [1.82, 2.24) is 4.90 Å². The van der Waals surface area contributed by atoms with Crippen molar-refractivity contribution in [3.8, 4) is 0 Å². The number of hydrogen-bond acceptors (Lipinski definition) is 1. The first-order chi connectivity index (χ1) is 7.20. The van der Waals surface area contributed by atoms with E-state index >= 15 is 0 Å². The molecule has 0 fully saturated rings. The summed E-state index contributed by atoms with van der Waals surface area (Å²) in [4.78, 5) is 12.5. The molecular weight excluding hydrogens is 186 g/mol. The molecule has 2 nitrogen and oxygen atoms in total. The molecule has 0 aliphatic rings. The van der Waals surface area contributed by atoms with Gasteiger partial charge in [-0.25, -0.2) is 0 Å². The van der Waals surface area contributed by atoms with Crippen LogP contribution in [0.1, 0.15) is 60.3 Å². The first-order valence-corrected chi connectivity index (χ1v) is 6.40. The molecule has 0 radical (unpaired) electrons. The van der Waals surface area contributed by atoms with Crippen molar-refractivity contribution in [2.45, 2.75) is 60.3 Å². The Labute approximate surface area is 96.0 Å². The third-order valence-electron chi connectivity index (χ3n) is 2.17. The summed E-state index contributed by atoms with van der Waals surface area (Å²) in [6.45, 7) is 12.4. The van der Waals surface area contributed by atoms with Crippen molar-refractivity contribution in [2.75, 3.05) is 13.1 Å². The zero-order chi connectivity index (χ0) is 12.1. The Morgan fingerprint density at radius 2 is 1.67 bits per heavy atom. The molecule has 0 N–H and O–H groups in total. The lowest BCUT2D eigenvalue weighted by molar-refractivity contribution is -0.118. The fraction of sp³-hybridized carbons (Fsp3) is 0.923. The molecule has 0 heterocycles. The van der Waals surface area contributed by atoms with Gasteiger partial charge in [-0.3, -0.25) is 4.79 Å². The third-order valence-corrected chi connectivity index (χ3v) is 2.17. The van der Waals surface area contributed by atoms with Gasteiger partial charge in [-0.15, -0.1) is 0 Å². The SMILES string of the molecule is CC.CCCCN(C=O)CCCC(C)C. The lowest BCUT2D eigenvalue weighted by Gasteiger charge is -2.17. The minimum atomic E-state index is 0.750. The highest BCUT2D eigenvalue weighted by Crippen LogP contribution is 2.04. The van der Waals surface area contributed by atoms with Crippen molar-refractivity contribution in [1.29, 1.82) is 0 Å². The Bertz CT molecular complexity index is 124. The minimum Gasteiger partial charge on any atom is -0.345 e. The summed E-state index contributed by atoms with van der Waals surface area (Å²) >= 11 is 0. The van der Waals surface area contributed by atoms with Crippen LogP contribution in [0.2, 0.25) is 0 Å². The zero-order valence-electron chi connectivity index (χ0n) is 11.3. The van der Waals surface area contributed by atoms with Gasteiger partial charge >= 0.3 is 0 Å². The van der Waals surface area contributed by atoms with Crippen molar-refractivity contribution in [2.24, 2.45) is 5.92 Å². The van der Waals surface area contributed by atoms with Crippen LogP contribution in [0.4, 0.5) is 0 Å². The number of rotatable bonds is 8. The van der Waals surface area contributed by atoms with Crippen LogP contribution >= 0.6 is 0 Å². The number of amides is 1. The lowest BCUT2D eigenvalue weighted by Crippen LogP contribution is -2.24. The average molecular weight is 215 g/mol. The van der Waals surface area contributed by atoms with Gasteiger partial charge in [0.2, 0.25) is 6.41 Å². The van der Waals surface area contributed by atoms with E-state index < -0.39 is 0 Å². The second-order valence-electron chi connectivity index (χ2n) is 4.03. The van der Waals surface area contributed by atoms with E-state index in [0.29, 0.717) is 0 Å². The molecule has 0 saturated carbocycles. The number of nitrogens with zero attached hydrogens (tertiary/aromatic N) is 1. The molecule has 0 aromatic carbocycles. The largest absolute Gasteiger partial charge is 0.345 e. The topological polar surface area (TPSA) is 20.3 Å². The zero-order valence-corrected chi connectivity index (χ0v) is 11.3. The molecule has 0 unspecified atom stereocenters. The van der Waals surface area contributed by atoms with Crippen LogP contribution in [0.15, 0.2) is 0 Å². The Morgan fingerprint density at radius 3 is 2.07 bits per heavy atom. The Balaban J connectivity index is 0. The summed E-state index contributed by atoms with van der Waals surface area (Å²) in [5, 5.41) is 0. The van der Waals surface area contributed by atoms with Gasteiger partial charge in [0.15, 0.2) is 0 Å². The van der Waals surface area contributed by atoms with Gasteiger partial charge in [0, 0.05) is 13.1 Å². The van der Waals surface area contributed by atoms with E-state index in [0.717, 1.165) is 44.7 Å². The lowest BCUT2D eigenvalue weighted by atomic mass is 10.1. The molecule has 92 valence electrons. The molecule has 0 aliphatic carbocycles. The van der Waals surface area contributed by atoms with Crippen LogP contribution in [-0.2, 0) is 4.79 Å². The van der Waals surface area contributed by atoms with E-state index in [4.69, 9.17) is 0 Å².